The molecule has 3 N–H and O–H groups in total. The van der Waals surface area contributed by atoms with Crippen LogP contribution in [0.4, 0.5) is 0 Å². The molecule has 0 amide bonds. The second-order valence-electron chi connectivity index (χ2n) is 3.19. The van der Waals surface area contributed by atoms with Gasteiger partial charge in [0.05, 0.1) is 6.20 Å². The van der Waals surface area contributed by atoms with Crippen LogP contribution in [-0.2, 0) is 0 Å². The minimum Gasteiger partial charge on any atom is -0.314 e. The molecular weight excluding hydrogens is 202 g/mol. The molecule has 5 nitrogen and oxygen atoms in total. The summed E-state index contributed by atoms with van der Waals surface area (Å²) in [6.07, 6.45) is 1.72. The monoisotopic (exact) mass is 217 g/mol. The summed E-state index contributed by atoms with van der Waals surface area (Å²) < 4.78 is 0. The molecule has 0 unspecified atom stereocenters. The second-order valence-corrected chi connectivity index (χ2v) is 3.60. The Labute approximate surface area is 89.1 Å². The minimum atomic E-state index is 0.323. The van der Waals surface area contributed by atoms with Crippen molar-refractivity contribution in [2.24, 2.45) is 4.99 Å². The van der Waals surface area contributed by atoms with Crippen LogP contribution < -0.4 is 16.2 Å². The molecule has 1 aliphatic heterocycles. The van der Waals surface area contributed by atoms with Crippen molar-refractivity contribution in [1.82, 2.24) is 21.3 Å². The second kappa shape index (κ2) is 5.07. The van der Waals surface area contributed by atoms with E-state index >= 15 is 0 Å². The van der Waals surface area contributed by atoms with Crippen LogP contribution in [0.1, 0.15) is 20.8 Å². The number of rotatable bonds is 3. The zero-order valence-corrected chi connectivity index (χ0v) is 9.39. The highest BCUT2D eigenvalue weighted by Crippen LogP contribution is 2.01. The van der Waals surface area contributed by atoms with E-state index in [2.05, 4.69) is 21.2 Å². The first-order valence-corrected chi connectivity index (χ1v) is 5.00. The molecule has 0 radical (unpaired) electrons. The van der Waals surface area contributed by atoms with Gasteiger partial charge in [0, 0.05) is 12.6 Å². The fourth-order valence-corrected chi connectivity index (χ4v) is 1.20. The minimum absolute atomic E-state index is 0.323. The summed E-state index contributed by atoms with van der Waals surface area (Å²) in [4.78, 5) is 4.18. The molecule has 0 aromatic rings. The summed E-state index contributed by atoms with van der Waals surface area (Å²) in [5.74, 6) is 0.646. The van der Waals surface area contributed by atoms with Gasteiger partial charge in [-0.25, -0.2) is 10.5 Å². The molecule has 1 heterocycles. The van der Waals surface area contributed by atoms with Crippen LogP contribution in [0.25, 0.3) is 0 Å². The van der Waals surface area contributed by atoms with Gasteiger partial charge in [0.25, 0.3) is 0 Å². The summed E-state index contributed by atoms with van der Waals surface area (Å²) in [5, 5.41) is 5.13. The highest BCUT2D eigenvalue weighted by Gasteiger charge is 2.12. The zero-order chi connectivity index (χ0) is 10.6. The van der Waals surface area contributed by atoms with E-state index in [4.69, 9.17) is 11.6 Å². The van der Waals surface area contributed by atoms with Gasteiger partial charge < -0.3 is 5.32 Å². The maximum Gasteiger partial charge on any atom is 0.216 e. The molecule has 0 saturated carbocycles. The summed E-state index contributed by atoms with van der Waals surface area (Å²) in [7, 11) is 0. The number of halogens is 1. The quantitative estimate of drug-likeness (QED) is 0.610. The molecule has 80 valence electrons. The smallest absolute Gasteiger partial charge is 0.216 e. The molecule has 0 atom stereocenters. The first-order chi connectivity index (χ1) is 6.61. The molecule has 0 fully saturated rings. The van der Waals surface area contributed by atoms with E-state index in [-0.39, 0.29) is 0 Å². The van der Waals surface area contributed by atoms with Crippen LogP contribution in [0.15, 0.2) is 16.3 Å². The molecule has 0 bridgehead atoms. The van der Waals surface area contributed by atoms with Gasteiger partial charge in [0.1, 0.15) is 5.16 Å². The van der Waals surface area contributed by atoms with Gasteiger partial charge in [-0.15, -0.1) is 0 Å². The number of hydrazine groups is 2. The van der Waals surface area contributed by atoms with Crippen LogP contribution in [0.3, 0.4) is 0 Å². The third-order valence-corrected chi connectivity index (χ3v) is 1.61. The van der Waals surface area contributed by atoms with Crippen LogP contribution >= 0.6 is 11.6 Å². The molecule has 1 aliphatic rings. The van der Waals surface area contributed by atoms with E-state index in [9.17, 15) is 0 Å². The number of hydrogen-bond donors (Lipinski definition) is 3. The lowest BCUT2D eigenvalue weighted by molar-refractivity contribution is 0.198. The number of nitrogens with zero attached hydrogens (tertiary/aromatic N) is 2. The fraction of sp³-hybridized carbons (Fsp3) is 0.625. The van der Waals surface area contributed by atoms with Crippen molar-refractivity contribution in [1.29, 1.82) is 0 Å². The van der Waals surface area contributed by atoms with Crippen molar-refractivity contribution in [2.75, 3.05) is 6.54 Å². The van der Waals surface area contributed by atoms with Gasteiger partial charge in [0.2, 0.25) is 5.96 Å². The van der Waals surface area contributed by atoms with Crippen molar-refractivity contribution in [2.45, 2.75) is 26.8 Å². The summed E-state index contributed by atoms with van der Waals surface area (Å²) >= 11 is 5.87. The van der Waals surface area contributed by atoms with Crippen molar-refractivity contribution in [3.8, 4) is 0 Å². The van der Waals surface area contributed by atoms with E-state index in [0.717, 1.165) is 0 Å². The Hall–Kier alpha value is -0.940. The van der Waals surface area contributed by atoms with Crippen LogP contribution in [0.5, 0.6) is 0 Å². The molecule has 0 aliphatic carbocycles. The molecule has 1 rings (SSSR count). The number of guanidine groups is 1. The molecule has 0 spiro atoms. The standard InChI is InChI=1S/C8H16ClN5/c1-4-10-8-11-7(9)5-14(13-8)12-6(2)3/h5-6,12H,4H2,1-3H3,(H2,10,11,13). The van der Waals surface area contributed by atoms with Gasteiger partial charge in [-0.1, -0.05) is 11.6 Å². The Balaban J connectivity index is 2.61. The molecule has 0 aromatic carbocycles. The van der Waals surface area contributed by atoms with Gasteiger partial charge >= 0.3 is 0 Å². The summed E-state index contributed by atoms with van der Waals surface area (Å²) in [6.45, 7) is 6.75. The van der Waals surface area contributed by atoms with Crippen molar-refractivity contribution < 1.29 is 0 Å². The van der Waals surface area contributed by atoms with Crippen LogP contribution in [-0.4, -0.2) is 23.7 Å². The lowest BCUT2D eigenvalue weighted by Crippen LogP contribution is -2.56. The SMILES string of the molecule is CCN=C1NC(Cl)=CN(NC(C)C)N1. The van der Waals surface area contributed by atoms with E-state index in [0.29, 0.717) is 23.7 Å². The van der Waals surface area contributed by atoms with E-state index in [1.54, 1.807) is 11.3 Å². The van der Waals surface area contributed by atoms with E-state index in [1.807, 2.05) is 20.8 Å². The predicted molar refractivity (Wildman–Crippen MR) is 58.3 cm³/mol. The van der Waals surface area contributed by atoms with Crippen molar-refractivity contribution in [3.05, 3.63) is 11.4 Å². The number of hydrogen-bond acceptors (Lipinski definition) is 3. The molecule has 14 heavy (non-hydrogen) atoms. The largest absolute Gasteiger partial charge is 0.314 e. The van der Waals surface area contributed by atoms with E-state index < -0.39 is 0 Å². The summed E-state index contributed by atoms with van der Waals surface area (Å²) in [5.41, 5.74) is 6.16. The molecule has 0 aromatic heterocycles. The van der Waals surface area contributed by atoms with Gasteiger partial charge in [0.15, 0.2) is 0 Å². The van der Waals surface area contributed by atoms with Crippen molar-refractivity contribution in [3.63, 3.8) is 0 Å². The normalized spacial score (nSPS) is 19.4. The first-order valence-electron chi connectivity index (χ1n) is 4.62. The maximum absolute atomic E-state index is 5.87. The molecular formula is C8H16ClN5. The van der Waals surface area contributed by atoms with Crippen LogP contribution in [0.2, 0.25) is 0 Å². The lowest BCUT2D eigenvalue weighted by atomic mass is 10.4. The Kier molecular flexibility index (Phi) is 4.03. The average Bonchev–Trinajstić information content (AvgIpc) is 2.01. The zero-order valence-electron chi connectivity index (χ0n) is 8.63. The molecule has 6 heteroatoms. The Morgan fingerprint density at radius 1 is 1.64 bits per heavy atom. The van der Waals surface area contributed by atoms with Gasteiger partial charge in [-0.3, -0.25) is 10.4 Å². The lowest BCUT2D eigenvalue weighted by Gasteiger charge is -2.30. The van der Waals surface area contributed by atoms with Gasteiger partial charge in [-0.05, 0) is 20.8 Å². The van der Waals surface area contributed by atoms with Gasteiger partial charge in [-0.2, -0.15) is 0 Å². The Morgan fingerprint density at radius 3 is 2.93 bits per heavy atom. The van der Waals surface area contributed by atoms with Crippen LogP contribution in [0, 0.1) is 0 Å². The first kappa shape index (κ1) is 11.1. The topological polar surface area (TPSA) is 51.7 Å². The average molecular weight is 218 g/mol. The number of nitrogens with one attached hydrogen (secondary N) is 3. The fourth-order valence-electron chi connectivity index (χ4n) is 1.01. The number of aliphatic imine (C=N–C) groups is 1. The third kappa shape index (κ3) is 3.43. The highest BCUT2D eigenvalue weighted by atomic mass is 35.5. The Bertz CT molecular complexity index is 248. The third-order valence-electron chi connectivity index (χ3n) is 1.42. The van der Waals surface area contributed by atoms with E-state index in [1.165, 1.54) is 0 Å². The summed E-state index contributed by atoms with van der Waals surface area (Å²) in [6, 6.07) is 0.323. The predicted octanol–water partition coefficient (Wildman–Crippen LogP) is 0.723. The van der Waals surface area contributed by atoms with Crippen molar-refractivity contribution >= 4 is 17.6 Å². The highest BCUT2D eigenvalue weighted by molar-refractivity contribution is 6.30. The Morgan fingerprint density at radius 2 is 2.36 bits per heavy atom. The maximum atomic E-state index is 5.87. The molecule has 0 saturated heterocycles.